The van der Waals surface area contributed by atoms with E-state index < -0.39 is 82.3 Å². The molecule has 1 aliphatic heterocycles. The molecule has 14 heteroatoms. The monoisotopic (exact) mass is 554 g/mol. The molecule has 2 fully saturated rings. The Hall–Kier alpha value is -3.94. The van der Waals surface area contributed by atoms with E-state index in [1.54, 1.807) is 0 Å². The second-order valence-electron chi connectivity index (χ2n) is 9.60. The molecule has 2 atom stereocenters. The van der Waals surface area contributed by atoms with Crippen molar-refractivity contribution in [1.29, 1.82) is 0 Å². The Morgan fingerprint density at radius 2 is 1.79 bits per heavy atom. The van der Waals surface area contributed by atoms with Crippen LogP contribution >= 0.6 is 0 Å². The number of aromatic nitrogens is 2. The number of carbonyl (C=O) groups is 2. The maximum Gasteiger partial charge on any atom is 0.391 e. The largest absolute Gasteiger partial charge is 0.391 e. The highest BCUT2D eigenvalue weighted by Gasteiger charge is 2.41. The van der Waals surface area contributed by atoms with Crippen LogP contribution in [0, 0.1) is 23.4 Å². The number of alkyl halides is 3. The predicted octanol–water partition coefficient (Wildman–Crippen LogP) is 3.36. The zero-order valence-corrected chi connectivity index (χ0v) is 19.9. The molecule has 1 unspecified atom stereocenters. The van der Waals surface area contributed by atoms with Crippen molar-refractivity contribution >= 4 is 28.7 Å². The fourth-order valence-electron chi connectivity index (χ4n) is 4.68. The van der Waals surface area contributed by atoms with Crippen LogP contribution in [0.25, 0.3) is 16.7 Å². The van der Waals surface area contributed by atoms with E-state index in [-0.39, 0.29) is 24.2 Å². The minimum Gasteiger partial charge on any atom is -0.391 e. The first-order valence-electron chi connectivity index (χ1n) is 11.9. The zero-order valence-electron chi connectivity index (χ0n) is 19.9. The molecule has 0 radical (unpaired) electrons. The Morgan fingerprint density at radius 1 is 1.13 bits per heavy atom. The number of β-amino-alcohol motifs (C(OH)–C–C–N with tert-alkyl or cyclic N) is 1. The highest BCUT2D eigenvalue weighted by atomic mass is 19.4. The molecular formula is C25H20F6N4O4. The molecule has 8 nitrogen and oxygen atoms in total. The van der Waals surface area contributed by atoms with Gasteiger partial charge in [0, 0.05) is 24.4 Å². The van der Waals surface area contributed by atoms with Crippen LogP contribution < -0.4 is 15.6 Å². The summed E-state index contributed by atoms with van der Waals surface area (Å²) in [5.74, 6) is -6.30. The van der Waals surface area contributed by atoms with Crippen LogP contribution in [0.1, 0.15) is 36.0 Å². The third-order valence-electron chi connectivity index (χ3n) is 6.64. The van der Waals surface area contributed by atoms with Crippen molar-refractivity contribution in [2.24, 2.45) is 5.92 Å². The number of hydrogen-bond donors (Lipinski definition) is 2. The molecular weight excluding hydrogens is 534 g/mol. The van der Waals surface area contributed by atoms with Gasteiger partial charge in [0.25, 0.3) is 5.91 Å². The molecule has 3 heterocycles. The van der Waals surface area contributed by atoms with Crippen molar-refractivity contribution in [2.75, 3.05) is 11.4 Å². The van der Waals surface area contributed by atoms with E-state index in [0.717, 1.165) is 11.0 Å². The average molecular weight is 554 g/mol. The lowest BCUT2D eigenvalue weighted by molar-refractivity contribution is -0.140. The molecule has 1 saturated carbocycles. The van der Waals surface area contributed by atoms with Crippen LogP contribution in [-0.4, -0.2) is 51.3 Å². The molecule has 0 bridgehead atoms. The highest BCUT2D eigenvalue weighted by Crippen LogP contribution is 2.38. The second-order valence-corrected chi connectivity index (χ2v) is 9.60. The van der Waals surface area contributed by atoms with Gasteiger partial charge < -0.3 is 10.4 Å². The molecule has 39 heavy (non-hydrogen) atoms. The maximum atomic E-state index is 14.9. The Labute approximate surface area is 215 Å². The topological polar surface area (TPSA) is 105 Å². The predicted molar refractivity (Wildman–Crippen MR) is 125 cm³/mol. The summed E-state index contributed by atoms with van der Waals surface area (Å²) in [5.41, 5.74) is -3.04. The lowest BCUT2D eigenvalue weighted by Gasteiger charge is -2.21. The smallest absolute Gasteiger partial charge is 0.391 e. The standard InChI is InChI=1S/C25H20F6N4O4/c26-12-5-16(27)21(17(28)6-12)35-10-15(24(39)32-18(11-1-2-11)8-25(29,30)31)22(38)14-3-4-19(33-23(14)35)34-9-13(36)7-20(34)37/h3-6,10-11,13,18,36H,1-2,7-9H2,(H,32,39)/t13-,18?/m0/s1. The lowest BCUT2D eigenvalue weighted by atomic mass is 10.1. The summed E-state index contributed by atoms with van der Waals surface area (Å²) in [6, 6.07) is 1.77. The number of benzene rings is 1. The van der Waals surface area contributed by atoms with Gasteiger partial charge in [-0.1, -0.05) is 0 Å². The normalized spacial score (nSPS) is 18.6. The van der Waals surface area contributed by atoms with Crippen LogP contribution in [0.5, 0.6) is 0 Å². The molecule has 2 N–H and O–H groups in total. The van der Waals surface area contributed by atoms with E-state index in [1.165, 1.54) is 6.07 Å². The number of rotatable bonds is 6. The number of anilines is 1. The molecule has 5 rings (SSSR count). The summed E-state index contributed by atoms with van der Waals surface area (Å²) in [6.45, 7) is -0.136. The van der Waals surface area contributed by atoms with Crippen molar-refractivity contribution in [3.8, 4) is 5.69 Å². The Morgan fingerprint density at radius 3 is 2.36 bits per heavy atom. The summed E-state index contributed by atoms with van der Waals surface area (Å²) in [4.78, 5) is 43.9. The summed E-state index contributed by atoms with van der Waals surface area (Å²) in [7, 11) is 0. The number of pyridine rings is 2. The van der Waals surface area contributed by atoms with Crippen molar-refractivity contribution in [1.82, 2.24) is 14.9 Å². The molecule has 2 amide bonds. The number of aliphatic hydroxyl groups excluding tert-OH is 1. The van der Waals surface area contributed by atoms with E-state index in [1.807, 2.05) is 0 Å². The summed E-state index contributed by atoms with van der Waals surface area (Å²) >= 11 is 0. The average Bonchev–Trinajstić information content (AvgIpc) is 3.62. The first-order chi connectivity index (χ1) is 18.3. The number of carbonyl (C=O) groups excluding carboxylic acids is 2. The Kier molecular flexibility index (Phi) is 6.61. The van der Waals surface area contributed by atoms with Gasteiger partial charge in [0.05, 0.1) is 30.9 Å². The van der Waals surface area contributed by atoms with Gasteiger partial charge in [-0.2, -0.15) is 13.2 Å². The van der Waals surface area contributed by atoms with E-state index in [0.29, 0.717) is 35.7 Å². The minimum atomic E-state index is -4.59. The number of aliphatic hydroxyl groups is 1. The van der Waals surface area contributed by atoms with Crippen LogP contribution in [0.4, 0.5) is 32.2 Å². The van der Waals surface area contributed by atoms with Gasteiger partial charge >= 0.3 is 6.18 Å². The van der Waals surface area contributed by atoms with Gasteiger partial charge in [-0.25, -0.2) is 18.2 Å². The molecule has 3 aromatic rings. The van der Waals surface area contributed by atoms with Crippen LogP contribution in [0.15, 0.2) is 35.3 Å². The van der Waals surface area contributed by atoms with Crippen LogP contribution in [-0.2, 0) is 4.79 Å². The fraction of sp³-hybridized carbons (Fsp3) is 0.360. The molecule has 2 aliphatic rings. The van der Waals surface area contributed by atoms with Gasteiger partial charge in [0.2, 0.25) is 11.3 Å². The van der Waals surface area contributed by atoms with Crippen molar-refractivity contribution in [3.63, 3.8) is 0 Å². The number of fused-ring (bicyclic) bond motifs is 1. The second kappa shape index (κ2) is 9.67. The summed E-state index contributed by atoms with van der Waals surface area (Å²) in [6.07, 6.45) is -5.50. The number of halogens is 6. The fourth-order valence-corrected chi connectivity index (χ4v) is 4.68. The molecule has 1 aromatic carbocycles. The Bertz CT molecular complexity index is 1530. The van der Waals surface area contributed by atoms with E-state index in [9.17, 15) is 45.8 Å². The summed E-state index contributed by atoms with van der Waals surface area (Å²) in [5, 5.41) is 11.7. The van der Waals surface area contributed by atoms with E-state index in [4.69, 9.17) is 0 Å². The molecule has 2 aromatic heterocycles. The number of nitrogens with one attached hydrogen (secondary N) is 1. The first-order valence-corrected chi connectivity index (χ1v) is 11.9. The minimum absolute atomic E-state index is 0.0729. The Balaban J connectivity index is 1.67. The van der Waals surface area contributed by atoms with Crippen molar-refractivity contribution in [3.05, 3.63) is 63.7 Å². The van der Waals surface area contributed by atoms with Crippen LogP contribution in [0.3, 0.4) is 0 Å². The third kappa shape index (κ3) is 5.33. The number of nitrogens with zero attached hydrogens (tertiary/aromatic N) is 3. The lowest BCUT2D eigenvalue weighted by Crippen LogP contribution is -2.41. The highest BCUT2D eigenvalue weighted by molar-refractivity contribution is 5.99. The van der Waals surface area contributed by atoms with Crippen molar-refractivity contribution in [2.45, 2.75) is 44.0 Å². The van der Waals surface area contributed by atoms with Crippen molar-refractivity contribution < 1.29 is 41.0 Å². The quantitative estimate of drug-likeness (QED) is 0.455. The molecule has 0 spiro atoms. The molecule has 206 valence electrons. The van der Waals surface area contributed by atoms with Gasteiger partial charge in [-0.3, -0.25) is 23.9 Å². The van der Waals surface area contributed by atoms with Gasteiger partial charge in [-0.05, 0) is 30.9 Å². The third-order valence-corrected chi connectivity index (χ3v) is 6.64. The van der Waals surface area contributed by atoms with Crippen LogP contribution in [0.2, 0.25) is 0 Å². The van der Waals surface area contributed by atoms with Gasteiger partial charge in [-0.15, -0.1) is 0 Å². The number of amides is 2. The maximum absolute atomic E-state index is 14.9. The zero-order chi connectivity index (χ0) is 28.2. The summed E-state index contributed by atoms with van der Waals surface area (Å²) < 4.78 is 83.2. The van der Waals surface area contributed by atoms with E-state index >= 15 is 0 Å². The number of hydrogen-bond acceptors (Lipinski definition) is 5. The van der Waals surface area contributed by atoms with Gasteiger partial charge in [0.1, 0.15) is 22.9 Å². The van der Waals surface area contributed by atoms with E-state index in [2.05, 4.69) is 10.3 Å². The first kappa shape index (κ1) is 26.7. The van der Waals surface area contributed by atoms with Gasteiger partial charge in [0.15, 0.2) is 17.3 Å². The molecule has 1 aliphatic carbocycles. The molecule has 1 saturated heterocycles. The SMILES string of the molecule is O=C(NC(CC(F)(F)F)C1CC1)c1cn(-c2c(F)cc(F)cc2F)c2nc(N3C[C@@H](O)CC3=O)ccc2c1=O.